The van der Waals surface area contributed by atoms with Crippen molar-refractivity contribution in [3.05, 3.63) is 59.4 Å². The molecule has 3 aliphatic heterocycles. The van der Waals surface area contributed by atoms with Crippen LogP contribution < -0.4 is 15.0 Å². The lowest BCUT2D eigenvalue weighted by Gasteiger charge is -2.36. The Morgan fingerprint density at radius 3 is 2.63 bits per heavy atom. The molecule has 0 unspecified atom stereocenters. The van der Waals surface area contributed by atoms with Gasteiger partial charge in [0.25, 0.3) is 0 Å². The number of carbonyl (C=O) groups is 2. The fourth-order valence-electron chi connectivity index (χ4n) is 5.93. The van der Waals surface area contributed by atoms with Gasteiger partial charge in [0.1, 0.15) is 23.9 Å². The summed E-state index contributed by atoms with van der Waals surface area (Å²) in [6.45, 7) is 9.72. The monoisotopic (exact) mass is 633 g/mol. The van der Waals surface area contributed by atoms with Crippen LogP contribution in [-0.4, -0.2) is 106 Å². The smallest absolute Gasteiger partial charge is 0.228 e. The van der Waals surface area contributed by atoms with Gasteiger partial charge in [-0.15, -0.1) is 0 Å². The largest absolute Gasteiger partial charge is 0.486 e. The van der Waals surface area contributed by atoms with Crippen LogP contribution in [-0.2, 0) is 29.1 Å². The van der Waals surface area contributed by atoms with Gasteiger partial charge in [-0.3, -0.25) is 14.5 Å². The molecule has 13 nitrogen and oxygen atoms in total. The molecule has 2 fully saturated rings. The lowest BCUT2D eigenvalue weighted by atomic mass is 9.98. The minimum absolute atomic E-state index is 0.0458. The van der Waals surface area contributed by atoms with E-state index in [1.54, 1.807) is 12.3 Å². The molecule has 13 heteroatoms. The number of carbonyl (C=O) groups excluding carboxylic acids is 2. The number of nitrogens with zero attached hydrogens (tertiary/aromatic N) is 6. The maximum absolute atomic E-state index is 13.4. The normalized spacial score (nSPS) is 17.8. The second-order valence-electron chi connectivity index (χ2n) is 12.6. The highest BCUT2D eigenvalue weighted by Crippen LogP contribution is 2.25. The number of fused-ring (bicyclic) bond motifs is 1. The Balaban J connectivity index is 1.02. The Morgan fingerprint density at radius 1 is 1.09 bits per heavy atom. The first-order valence-electron chi connectivity index (χ1n) is 16.1. The molecule has 2 aromatic heterocycles. The van der Waals surface area contributed by atoms with Gasteiger partial charge < -0.3 is 34.1 Å². The Hall–Kier alpha value is -4.07. The average molecular weight is 634 g/mol. The van der Waals surface area contributed by atoms with Crippen molar-refractivity contribution >= 4 is 23.5 Å². The molecule has 246 valence electrons. The summed E-state index contributed by atoms with van der Waals surface area (Å²) in [5, 5.41) is 14.3. The topological polar surface area (TPSA) is 146 Å². The van der Waals surface area contributed by atoms with Crippen LogP contribution in [0.1, 0.15) is 54.1 Å². The molecule has 2 saturated heterocycles. The number of aliphatic hydroxyl groups excluding tert-OH is 1. The van der Waals surface area contributed by atoms with Gasteiger partial charge in [0.05, 0.1) is 31.6 Å². The summed E-state index contributed by atoms with van der Waals surface area (Å²) in [5.41, 5.74) is 2.77. The van der Waals surface area contributed by atoms with Gasteiger partial charge in [0.15, 0.2) is 17.9 Å². The molecule has 6 rings (SSSR count). The van der Waals surface area contributed by atoms with E-state index in [0.29, 0.717) is 82.2 Å². The van der Waals surface area contributed by atoms with Crippen molar-refractivity contribution in [2.24, 2.45) is 5.92 Å². The van der Waals surface area contributed by atoms with Crippen LogP contribution in [0.4, 0.5) is 11.8 Å². The molecule has 1 atom stereocenters. The number of amides is 1. The number of benzene rings is 1. The first kappa shape index (κ1) is 31.9. The molecule has 1 amide bonds. The van der Waals surface area contributed by atoms with Crippen LogP contribution in [0.5, 0.6) is 5.75 Å². The zero-order valence-corrected chi connectivity index (χ0v) is 26.6. The highest BCUT2D eigenvalue weighted by Gasteiger charge is 2.27. The van der Waals surface area contributed by atoms with Gasteiger partial charge in [-0.05, 0) is 36.1 Å². The number of ether oxygens (including phenoxy) is 2. The van der Waals surface area contributed by atoms with E-state index in [4.69, 9.17) is 18.9 Å². The minimum Gasteiger partial charge on any atom is -0.486 e. The summed E-state index contributed by atoms with van der Waals surface area (Å²) in [7, 11) is 0. The van der Waals surface area contributed by atoms with Gasteiger partial charge in [-0.2, -0.15) is 4.98 Å². The van der Waals surface area contributed by atoms with E-state index in [9.17, 15) is 14.7 Å². The van der Waals surface area contributed by atoms with Crippen LogP contribution in [0, 0.1) is 5.92 Å². The van der Waals surface area contributed by atoms with Crippen LogP contribution in [0.15, 0.2) is 41.3 Å². The molecule has 0 spiro atoms. The maximum atomic E-state index is 13.4. The predicted octanol–water partition coefficient (Wildman–Crippen LogP) is 2.54. The van der Waals surface area contributed by atoms with Gasteiger partial charge in [-0.25, -0.2) is 9.97 Å². The van der Waals surface area contributed by atoms with E-state index in [1.165, 1.54) is 17.5 Å². The molecule has 0 radical (unpaired) electrons. The molecule has 0 bridgehead atoms. The molecule has 3 aliphatic rings. The lowest BCUT2D eigenvalue weighted by Crippen LogP contribution is -2.50. The zero-order valence-electron chi connectivity index (χ0n) is 26.6. The standard InChI is InChI=1S/C33H43N7O6/c1-22(2)32(43)39-9-11-40(12-10-39)33-36-29(14-31(37-33)35-25-18-44-19-25)30(42)6-4-26(41)17-38-8-7-23-13-27(5-3-24(23)16-38)45-20-28-15-34-21-46-28/h3,5,13-15,21-22,25-26,41H,4,6-12,16-20H2,1-2H3,(H,35,36,37)/t26-/m0/s1. The number of anilines is 2. The van der Waals surface area contributed by atoms with Crippen LogP contribution >= 0.6 is 0 Å². The van der Waals surface area contributed by atoms with E-state index in [0.717, 1.165) is 25.3 Å². The number of oxazole rings is 1. The van der Waals surface area contributed by atoms with Crippen LogP contribution in [0.3, 0.4) is 0 Å². The summed E-state index contributed by atoms with van der Waals surface area (Å²) < 4.78 is 16.4. The minimum atomic E-state index is -0.646. The number of β-amino-alcohol motifs (C(OH)–C–C–N with tert-alkyl or cyclic N) is 1. The molecule has 0 saturated carbocycles. The van der Waals surface area contributed by atoms with E-state index in [-0.39, 0.29) is 30.1 Å². The number of rotatable bonds is 13. The van der Waals surface area contributed by atoms with Gasteiger partial charge in [0.2, 0.25) is 11.9 Å². The fourth-order valence-corrected chi connectivity index (χ4v) is 5.93. The van der Waals surface area contributed by atoms with Gasteiger partial charge >= 0.3 is 0 Å². The summed E-state index contributed by atoms with van der Waals surface area (Å²) in [5.74, 6) is 2.49. The number of aromatic nitrogens is 3. The van der Waals surface area contributed by atoms with Crippen molar-refractivity contribution in [3.8, 4) is 5.75 Å². The molecule has 1 aromatic carbocycles. The lowest BCUT2D eigenvalue weighted by molar-refractivity contribution is -0.134. The van der Waals surface area contributed by atoms with Crippen molar-refractivity contribution in [1.82, 2.24) is 24.8 Å². The Morgan fingerprint density at radius 2 is 1.91 bits per heavy atom. The maximum Gasteiger partial charge on any atom is 0.228 e. The second-order valence-corrected chi connectivity index (χ2v) is 12.6. The number of hydrogen-bond donors (Lipinski definition) is 2. The number of piperazine rings is 1. The van der Waals surface area contributed by atoms with Crippen molar-refractivity contribution in [1.29, 1.82) is 0 Å². The number of aliphatic hydroxyl groups is 1. The molecular formula is C33H43N7O6. The molecule has 2 N–H and O–H groups in total. The van der Waals surface area contributed by atoms with E-state index >= 15 is 0 Å². The SMILES string of the molecule is CC(C)C(=O)N1CCN(c2nc(NC3COC3)cc(C(=O)CC[C@H](O)CN3CCc4cc(OCc5cnco5)ccc4C3)n2)CC1. The van der Waals surface area contributed by atoms with E-state index in [2.05, 4.69) is 32.3 Å². The number of ketones is 1. The van der Waals surface area contributed by atoms with Gasteiger partial charge in [0, 0.05) is 64.2 Å². The molecule has 3 aromatic rings. The Labute approximate surface area is 268 Å². The van der Waals surface area contributed by atoms with Crippen molar-refractivity contribution in [2.75, 3.05) is 62.7 Å². The number of Topliss-reactive ketones (excluding diaryl/α,β-unsaturated/α-hetero) is 1. The molecule has 0 aliphatic carbocycles. The summed E-state index contributed by atoms with van der Waals surface area (Å²) in [6.07, 6.45) is 3.75. The third kappa shape index (κ3) is 8.01. The Kier molecular flexibility index (Phi) is 10.1. The van der Waals surface area contributed by atoms with E-state index < -0.39 is 6.10 Å². The first-order chi connectivity index (χ1) is 22.3. The zero-order chi connectivity index (χ0) is 32.0. The molecular weight excluding hydrogens is 590 g/mol. The van der Waals surface area contributed by atoms with Crippen molar-refractivity contribution in [3.63, 3.8) is 0 Å². The van der Waals surface area contributed by atoms with Gasteiger partial charge in [-0.1, -0.05) is 19.9 Å². The first-order valence-corrected chi connectivity index (χ1v) is 16.1. The summed E-state index contributed by atoms with van der Waals surface area (Å²) >= 11 is 0. The number of nitrogens with one attached hydrogen (secondary N) is 1. The summed E-state index contributed by atoms with van der Waals surface area (Å²) in [4.78, 5) is 45.2. The number of hydrogen-bond acceptors (Lipinski definition) is 12. The Bertz CT molecular complexity index is 1490. The van der Waals surface area contributed by atoms with E-state index in [1.807, 2.05) is 29.7 Å². The third-order valence-corrected chi connectivity index (χ3v) is 8.67. The predicted molar refractivity (Wildman–Crippen MR) is 170 cm³/mol. The fraction of sp³-hybridized carbons (Fsp3) is 0.545. The average Bonchev–Trinajstić information content (AvgIpc) is 3.58. The van der Waals surface area contributed by atoms with Crippen molar-refractivity contribution in [2.45, 2.75) is 58.4 Å². The van der Waals surface area contributed by atoms with Crippen LogP contribution in [0.25, 0.3) is 0 Å². The van der Waals surface area contributed by atoms with Crippen molar-refractivity contribution < 1.29 is 28.6 Å². The van der Waals surface area contributed by atoms with Crippen LogP contribution in [0.2, 0.25) is 0 Å². The third-order valence-electron chi connectivity index (χ3n) is 8.67. The highest BCUT2D eigenvalue weighted by molar-refractivity contribution is 5.95. The molecule has 5 heterocycles. The second kappa shape index (κ2) is 14.6. The highest BCUT2D eigenvalue weighted by atomic mass is 16.5. The summed E-state index contributed by atoms with van der Waals surface area (Å²) in [6, 6.07) is 7.93. The quantitative estimate of drug-likeness (QED) is 0.267. The molecule has 46 heavy (non-hydrogen) atoms.